The van der Waals surface area contributed by atoms with Gasteiger partial charge in [-0.1, -0.05) is 63.3 Å². The van der Waals surface area contributed by atoms with Crippen LogP contribution >= 0.6 is 11.3 Å². The number of benzene rings is 1. The average Bonchev–Trinajstić information content (AvgIpc) is 2.89. The SMILES string of the molecule is CCC(NC)c1nnc(-c2ccc(C(C)(C)C)cc2)s1. The van der Waals surface area contributed by atoms with E-state index >= 15 is 0 Å². The second kappa shape index (κ2) is 6.02. The molecule has 0 radical (unpaired) electrons. The Morgan fingerprint density at radius 2 is 1.80 bits per heavy atom. The number of nitrogens with one attached hydrogen (secondary N) is 1. The molecule has 1 aromatic carbocycles. The van der Waals surface area contributed by atoms with Gasteiger partial charge < -0.3 is 5.32 Å². The Labute approximate surface area is 125 Å². The molecule has 4 heteroatoms. The van der Waals surface area contributed by atoms with Crippen molar-refractivity contribution < 1.29 is 0 Å². The number of nitrogens with zero attached hydrogens (tertiary/aromatic N) is 2. The molecule has 2 rings (SSSR count). The summed E-state index contributed by atoms with van der Waals surface area (Å²) in [4.78, 5) is 0. The van der Waals surface area contributed by atoms with Crippen LogP contribution in [0.15, 0.2) is 24.3 Å². The van der Waals surface area contributed by atoms with Crippen LogP contribution in [-0.2, 0) is 5.41 Å². The predicted molar refractivity (Wildman–Crippen MR) is 86.1 cm³/mol. The van der Waals surface area contributed by atoms with Gasteiger partial charge in [0.05, 0.1) is 6.04 Å². The summed E-state index contributed by atoms with van der Waals surface area (Å²) in [5, 5.41) is 14.0. The summed E-state index contributed by atoms with van der Waals surface area (Å²) in [5.41, 5.74) is 2.67. The van der Waals surface area contributed by atoms with E-state index in [0.717, 1.165) is 22.0 Å². The van der Waals surface area contributed by atoms with E-state index in [4.69, 9.17) is 0 Å². The summed E-state index contributed by atoms with van der Waals surface area (Å²) < 4.78 is 0. The largest absolute Gasteiger partial charge is 0.311 e. The van der Waals surface area contributed by atoms with Crippen molar-refractivity contribution in [1.82, 2.24) is 15.5 Å². The normalized spacial score (nSPS) is 13.4. The Balaban J connectivity index is 2.24. The van der Waals surface area contributed by atoms with Gasteiger partial charge in [-0.15, -0.1) is 10.2 Å². The van der Waals surface area contributed by atoms with Crippen LogP contribution in [-0.4, -0.2) is 17.2 Å². The van der Waals surface area contributed by atoms with E-state index in [9.17, 15) is 0 Å². The molecular weight excluding hydrogens is 266 g/mol. The van der Waals surface area contributed by atoms with Crippen molar-refractivity contribution in [3.63, 3.8) is 0 Å². The zero-order chi connectivity index (χ0) is 14.8. The highest BCUT2D eigenvalue weighted by Gasteiger charge is 2.16. The van der Waals surface area contributed by atoms with Crippen molar-refractivity contribution in [1.29, 1.82) is 0 Å². The van der Waals surface area contributed by atoms with Crippen LogP contribution < -0.4 is 5.32 Å². The molecule has 0 aliphatic rings. The van der Waals surface area contributed by atoms with Gasteiger partial charge in [0.15, 0.2) is 0 Å². The van der Waals surface area contributed by atoms with Crippen LogP contribution in [0.1, 0.15) is 50.7 Å². The highest BCUT2D eigenvalue weighted by atomic mass is 32.1. The Morgan fingerprint density at radius 1 is 1.15 bits per heavy atom. The minimum atomic E-state index is 0.185. The highest BCUT2D eigenvalue weighted by Crippen LogP contribution is 2.30. The van der Waals surface area contributed by atoms with Gasteiger partial charge in [0, 0.05) is 5.56 Å². The van der Waals surface area contributed by atoms with Gasteiger partial charge in [-0.05, 0) is 24.4 Å². The molecule has 0 aliphatic carbocycles. The molecule has 3 nitrogen and oxygen atoms in total. The monoisotopic (exact) mass is 289 g/mol. The third-order valence-corrected chi connectivity index (χ3v) is 4.58. The zero-order valence-electron chi connectivity index (χ0n) is 12.9. The van der Waals surface area contributed by atoms with E-state index in [-0.39, 0.29) is 5.41 Å². The fraction of sp³-hybridized carbons (Fsp3) is 0.500. The summed E-state index contributed by atoms with van der Waals surface area (Å²) in [6, 6.07) is 8.96. The molecule has 0 saturated carbocycles. The predicted octanol–water partition coefficient (Wildman–Crippen LogP) is 4.17. The molecule has 0 bridgehead atoms. The van der Waals surface area contributed by atoms with E-state index in [0.29, 0.717) is 6.04 Å². The van der Waals surface area contributed by atoms with Gasteiger partial charge in [-0.2, -0.15) is 0 Å². The number of hydrogen-bond acceptors (Lipinski definition) is 4. The van der Waals surface area contributed by atoms with Crippen LogP contribution in [0, 0.1) is 0 Å². The van der Waals surface area contributed by atoms with Gasteiger partial charge in [-0.25, -0.2) is 0 Å². The lowest BCUT2D eigenvalue weighted by Gasteiger charge is -2.18. The zero-order valence-corrected chi connectivity index (χ0v) is 13.7. The fourth-order valence-corrected chi connectivity index (χ4v) is 3.15. The lowest BCUT2D eigenvalue weighted by Crippen LogP contribution is -2.14. The first-order valence-corrected chi connectivity index (χ1v) is 7.89. The van der Waals surface area contributed by atoms with Gasteiger partial charge in [-0.3, -0.25) is 0 Å². The van der Waals surface area contributed by atoms with Crippen molar-refractivity contribution in [3.05, 3.63) is 34.8 Å². The van der Waals surface area contributed by atoms with E-state index in [1.165, 1.54) is 5.56 Å². The standard InChI is InChI=1S/C16H23N3S/c1-6-13(17-5)15-19-18-14(20-15)11-7-9-12(10-8-11)16(2,3)4/h7-10,13,17H,6H2,1-5H3. The lowest BCUT2D eigenvalue weighted by molar-refractivity contribution is 0.568. The summed E-state index contributed by atoms with van der Waals surface area (Å²) in [5.74, 6) is 0. The van der Waals surface area contributed by atoms with Crippen LogP contribution in [0.3, 0.4) is 0 Å². The minimum Gasteiger partial charge on any atom is -0.311 e. The molecule has 0 aliphatic heterocycles. The molecule has 0 saturated heterocycles. The number of hydrogen-bond donors (Lipinski definition) is 1. The average molecular weight is 289 g/mol. The lowest BCUT2D eigenvalue weighted by atomic mass is 9.87. The minimum absolute atomic E-state index is 0.185. The Bertz CT molecular complexity index is 548. The third-order valence-electron chi connectivity index (χ3n) is 3.49. The van der Waals surface area contributed by atoms with Crippen LogP contribution in [0.25, 0.3) is 10.6 Å². The summed E-state index contributed by atoms with van der Waals surface area (Å²) >= 11 is 1.67. The highest BCUT2D eigenvalue weighted by molar-refractivity contribution is 7.14. The number of aromatic nitrogens is 2. The Kier molecular flexibility index (Phi) is 4.55. The van der Waals surface area contributed by atoms with Crippen molar-refractivity contribution in [2.24, 2.45) is 0 Å². The van der Waals surface area contributed by atoms with Crippen molar-refractivity contribution >= 4 is 11.3 Å². The quantitative estimate of drug-likeness (QED) is 0.918. The third kappa shape index (κ3) is 3.25. The molecule has 2 aromatic rings. The molecule has 1 aromatic heterocycles. The topological polar surface area (TPSA) is 37.8 Å². The first-order valence-electron chi connectivity index (χ1n) is 7.07. The molecule has 1 atom stereocenters. The van der Waals surface area contributed by atoms with Gasteiger partial charge in [0.1, 0.15) is 10.0 Å². The smallest absolute Gasteiger partial charge is 0.147 e. The van der Waals surface area contributed by atoms with E-state index in [2.05, 4.69) is 67.5 Å². The van der Waals surface area contributed by atoms with Gasteiger partial charge in [0.25, 0.3) is 0 Å². The Hall–Kier alpha value is -1.26. The number of rotatable bonds is 4. The molecule has 1 unspecified atom stereocenters. The molecule has 1 heterocycles. The maximum atomic E-state index is 4.32. The van der Waals surface area contributed by atoms with Crippen LogP contribution in [0.4, 0.5) is 0 Å². The molecule has 20 heavy (non-hydrogen) atoms. The first kappa shape index (κ1) is 15.1. The molecule has 1 N–H and O–H groups in total. The second-order valence-corrected chi connectivity index (χ2v) is 7.03. The van der Waals surface area contributed by atoms with Gasteiger partial charge in [0.2, 0.25) is 0 Å². The fourth-order valence-electron chi connectivity index (χ4n) is 2.11. The Morgan fingerprint density at radius 3 is 2.30 bits per heavy atom. The van der Waals surface area contributed by atoms with E-state index in [1.807, 2.05) is 7.05 Å². The molecule has 0 fully saturated rings. The van der Waals surface area contributed by atoms with Crippen LogP contribution in [0.5, 0.6) is 0 Å². The maximum absolute atomic E-state index is 4.32. The molecule has 0 amide bonds. The summed E-state index contributed by atoms with van der Waals surface area (Å²) in [7, 11) is 1.97. The van der Waals surface area contributed by atoms with Crippen molar-refractivity contribution in [3.8, 4) is 10.6 Å². The molecule has 0 spiro atoms. The maximum Gasteiger partial charge on any atom is 0.147 e. The van der Waals surface area contributed by atoms with Crippen molar-refractivity contribution in [2.75, 3.05) is 7.05 Å². The van der Waals surface area contributed by atoms with Gasteiger partial charge >= 0.3 is 0 Å². The summed E-state index contributed by atoms with van der Waals surface area (Å²) in [6.45, 7) is 8.83. The summed E-state index contributed by atoms with van der Waals surface area (Å²) in [6.07, 6.45) is 1.02. The van der Waals surface area contributed by atoms with Crippen molar-refractivity contribution in [2.45, 2.75) is 45.6 Å². The van der Waals surface area contributed by atoms with E-state index < -0.39 is 0 Å². The first-order chi connectivity index (χ1) is 9.45. The van der Waals surface area contributed by atoms with Crippen LogP contribution in [0.2, 0.25) is 0 Å². The second-order valence-electron chi connectivity index (χ2n) is 6.02. The van der Waals surface area contributed by atoms with E-state index in [1.54, 1.807) is 11.3 Å². The molecule has 108 valence electrons. The molecular formula is C16H23N3S.